The lowest BCUT2D eigenvalue weighted by atomic mass is 9.92. The molecule has 0 radical (unpaired) electrons. The fourth-order valence-electron chi connectivity index (χ4n) is 2.94. The molecule has 2 rings (SSSR count). The third-order valence-corrected chi connectivity index (χ3v) is 6.40. The average Bonchev–Trinajstić information content (AvgIpc) is 2.47. The lowest BCUT2D eigenvalue weighted by molar-refractivity contribution is -0.144. The van der Waals surface area contributed by atoms with E-state index < -0.39 is 28.0 Å². The summed E-state index contributed by atoms with van der Waals surface area (Å²) in [6.07, 6.45) is 1.10. The minimum Gasteiger partial charge on any atom is -0.481 e. The summed E-state index contributed by atoms with van der Waals surface area (Å²) >= 11 is 0. The second-order valence-electron chi connectivity index (χ2n) is 6.17. The van der Waals surface area contributed by atoms with Crippen molar-refractivity contribution in [1.29, 1.82) is 0 Å². The smallest absolute Gasteiger partial charge is 0.308 e. The molecule has 5 nitrogen and oxygen atoms in total. The Kier molecular flexibility index (Phi) is 4.92. The van der Waals surface area contributed by atoms with Gasteiger partial charge in [-0.2, -0.15) is 4.31 Å². The number of hydrogen-bond acceptors (Lipinski definition) is 3. The lowest BCUT2D eigenvalue weighted by Crippen LogP contribution is -2.48. The van der Waals surface area contributed by atoms with Crippen LogP contribution in [0.3, 0.4) is 0 Å². The summed E-state index contributed by atoms with van der Waals surface area (Å²) in [5, 5.41) is 9.24. The molecule has 2 atom stereocenters. The molecule has 0 amide bonds. The molecule has 0 spiro atoms. The number of carboxylic acids is 1. The predicted molar refractivity (Wildman–Crippen MR) is 84.2 cm³/mol. The van der Waals surface area contributed by atoms with Crippen LogP contribution in [0.2, 0.25) is 0 Å². The molecule has 0 aromatic heterocycles. The molecule has 0 saturated carbocycles. The molecule has 1 heterocycles. The van der Waals surface area contributed by atoms with Crippen LogP contribution in [0.25, 0.3) is 0 Å². The molecular formula is C16H23NO4S. The minimum absolute atomic E-state index is 0.231. The van der Waals surface area contributed by atoms with Gasteiger partial charge in [-0.3, -0.25) is 4.79 Å². The van der Waals surface area contributed by atoms with E-state index >= 15 is 0 Å². The van der Waals surface area contributed by atoms with Gasteiger partial charge in [0.15, 0.2) is 0 Å². The second kappa shape index (κ2) is 6.38. The molecular weight excluding hydrogens is 302 g/mol. The van der Waals surface area contributed by atoms with Crippen LogP contribution in [0.15, 0.2) is 29.2 Å². The summed E-state index contributed by atoms with van der Waals surface area (Å²) in [4.78, 5) is 11.5. The van der Waals surface area contributed by atoms with E-state index in [0.29, 0.717) is 25.3 Å². The number of carboxylic acid groups (broad SMARTS) is 1. The fraction of sp³-hybridized carbons (Fsp3) is 0.562. The van der Waals surface area contributed by atoms with Crippen LogP contribution < -0.4 is 0 Å². The largest absolute Gasteiger partial charge is 0.481 e. The van der Waals surface area contributed by atoms with E-state index in [0.717, 1.165) is 5.56 Å². The van der Waals surface area contributed by atoms with Crippen LogP contribution >= 0.6 is 0 Å². The Hall–Kier alpha value is -1.40. The molecule has 1 aromatic carbocycles. The van der Waals surface area contributed by atoms with Crippen molar-refractivity contribution in [3.63, 3.8) is 0 Å². The van der Waals surface area contributed by atoms with Crippen molar-refractivity contribution < 1.29 is 18.3 Å². The first-order valence-corrected chi connectivity index (χ1v) is 9.03. The van der Waals surface area contributed by atoms with Crippen LogP contribution in [-0.2, 0) is 14.8 Å². The second-order valence-corrected chi connectivity index (χ2v) is 8.06. The van der Waals surface area contributed by atoms with Gasteiger partial charge in [-0.05, 0) is 43.4 Å². The van der Waals surface area contributed by atoms with Gasteiger partial charge in [0.05, 0.1) is 10.8 Å². The predicted octanol–water partition coefficient (Wildman–Crippen LogP) is 2.68. The number of benzene rings is 1. The molecule has 1 N–H and O–H groups in total. The Balaban J connectivity index is 2.31. The van der Waals surface area contributed by atoms with Crippen LogP contribution in [0.1, 0.15) is 45.1 Å². The Morgan fingerprint density at radius 1 is 1.27 bits per heavy atom. The lowest BCUT2D eigenvalue weighted by Gasteiger charge is -2.36. The van der Waals surface area contributed by atoms with Crippen LogP contribution in [0.4, 0.5) is 0 Å². The first-order valence-electron chi connectivity index (χ1n) is 7.59. The number of piperidine rings is 1. The van der Waals surface area contributed by atoms with E-state index in [1.165, 1.54) is 4.31 Å². The van der Waals surface area contributed by atoms with Crippen LogP contribution in [0, 0.1) is 5.92 Å². The molecule has 22 heavy (non-hydrogen) atoms. The SMILES string of the molecule is CC(C)c1ccc(S(=O)(=O)N2CCC[C@H](C(=O)O)[C@@H]2C)cc1. The van der Waals surface area contributed by atoms with Crippen molar-refractivity contribution in [2.24, 2.45) is 5.92 Å². The maximum Gasteiger partial charge on any atom is 0.308 e. The van der Waals surface area contributed by atoms with Gasteiger partial charge < -0.3 is 5.11 Å². The van der Waals surface area contributed by atoms with Gasteiger partial charge in [0.1, 0.15) is 0 Å². The summed E-state index contributed by atoms with van der Waals surface area (Å²) in [6, 6.07) is 6.34. The minimum atomic E-state index is -3.65. The molecule has 1 saturated heterocycles. The van der Waals surface area contributed by atoms with E-state index in [2.05, 4.69) is 0 Å². The zero-order valence-corrected chi connectivity index (χ0v) is 14.0. The Labute approximate surface area is 132 Å². The highest BCUT2D eigenvalue weighted by Crippen LogP contribution is 2.29. The maximum absolute atomic E-state index is 12.8. The van der Waals surface area contributed by atoms with Gasteiger partial charge in [0.2, 0.25) is 10.0 Å². The van der Waals surface area contributed by atoms with Gasteiger partial charge in [0, 0.05) is 12.6 Å². The summed E-state index contributed by atoms with van der Waals surface area (Å²) in [5.41, 5.74) is 1.08. The first-order chi connectivity index (χ1) is 10.2. The molecule has 1 aliphatic heterocycles. The molecule has 0 unspecified atom stereocenters. The highest BCUT2D eigenvalue weighted by atomic mass is 32.2. The van der Waals surface area contributed by atoms with Crippen molar-refractivity contribution in [2.75, 3.05) is 6.54 Å². The normalized spacial score (nSPS) is 23.6. The van der Waals surface area contributed by atoms with E-state index in [4.69, 9.17) is 0 Å². The Bertz CT molecular complexity index is 637. The number of aliphatic carboxylic acids is 1. The number of nitrogens with zero attached hydrogens (tertiary/aromatic N) is 1. The Morgan fingerprint density at radius 3 is 2.36 bits per heavy atom. The highest BCUT2D eigenvalue weighted by molar-refractivity contribution is 7.89. The molecule has 1 fully saturated rings. The number of carbonyl (C=O) groups is 1. The maximum atomic E-state index is 12.8. The highest BCUT2D eigenvalue weighted by Gasteiger charge is 2.39. The van der Waals surface area contributed by atoms with Gasteiger partial charge >= 0.3 is 5.97 Å². The van der Waals surface area contributed by atoms with Crippen molar-refractivity contribution in [2.45, 2.75) is 50.5 Å². The first kappa shape index (κ1) is 17.0. The van der Waals surface area contributed by atoms with Gasteiger partial charge in [0.25, 0.3) is 0 Å². The zero-order valence-electron chi connectivity index (χ0n) is 13.2. The molecule has 122 valence electrons. The molecule has 0 aliphatic carbocycles. The van der Waals surface area contributed by atoms with E-state index in [9.17, 15) is 18.3 Å². The molecule has 6 heteroatoms. The quantitative estimate of drug-likeness (QED) is 0.923. The zero-order chi connectivity index (χ0) is 16.5. The number of hydrogen-bond donors (Lipinski definition) is 1. The number of rotatable bonds is 4. The summed E-state index contributed by atoms with van der Waals surface area (Å²) in [7, 11) is -3.65. The van der Waals surface area contributed by atoms with E-state index in [1.54, 1.807) is 19.1 Å². The average molecular weight is 325 g/mol. The van der Waals surface area contributed by atoms with Crippen molar-refractivity contribution in [1.82, 2.24) is 4.31 Å². The van der Waals surface area contributed by atoms with E-state index in [-0.39, 0.29) is 4.90 Å². The summed E-state index contributed by atoms with van der Waals surface area (Å²) < 4.78 is 26.9. The third-order valence-electron chi connectivity index (χ3n) is 4.40. The standard InChI is InChI=1S/C16H23NO4S/c1-11(2)13-6-8-14(9-7-13)22(20,21)17-10-4-5-15(12(17)3)16(18)19/h6-9,11-12,15H,4-5,10H2,1-3H3,(H,18,19)/t12-,15-/m0/s1. The van der Waals surface area contributed by atoms with Crippen LogP contribution in [-0.4, -0.2) is 36.4 Å². The van der Waals surface area contributed by atoms with Gasteiger partial charge in [-0.25, -0.2) is 8.42 Å². The monoisotopic (exact) mass is 325 g/mol. The van der Waals surface area contributed by atoms with Crippen LogP contribution in [0.5, 0.6) is 0 Å². The van der Waals surface area contributed by atoms with Crippen molar-refractivity contribution >= 4 is 16.0 Å². The molecule has 1 aromatic rings. The fourth-order valence-corrected chi connectivity index (χ4v) is 4.65. The van der Waals surface area contributed by atoms with Gasteiger partial charge in [-0.15, -0.1) is 0 Å². The molecule has 0 bridgehead atoms. The van der Waals surface area contributed by atoms with E-state index in [1.807, 2.05) is 26.0 Å². The van der Waals surface area contributed by atoms with Gasteiger partial charge in [-0.1, -0.05) is 26.0 Å². The summed E-state index contributed by atoms with van der Waals surface area (Å²) in [5.74, 6) is -1.23. The number of sulfonamides is 1. The Morgan fingerprint density at radius 2 is 1.86 bits per heavy atom. The topological polar surface area (TPSA) is 74.7 Å². The van der Waals surface area contributed by atoms with Crippen molar-refractivity contribution in [3.05, 3.63) is 29.8 Å². The molecule has 1 aliphatic rings. The van der Waals surface area contributed by atoms with Crippen molar-refractivity contribution in [3.8, 4) is 0 Å². The summed E-state index contributed by atoms with van der Waals surface area (Å²) in [6.45, 7) is 6.15. The third kappa shape index (κ3) is 3.17.